The van der Waals surface area contributed by atoms with Crippen LogP contribution in [0.2, 0.25) is 0 Å². The molecule has 17 heteroatoms. The van der Waals surface area contributed by atoms with Crippen LogP contribution in [0.3, 0.4) is 0 Å². The number of aromatic carboxylic acids is 1. The summed E-state index contributed by atoms with van der Waals surface area (Å²) in [5, 5.41) is 18.8. The largest absolute Gasteiger partial charge is 0.478 e. The molecule has 78 heavy (non-hydrogen) atoms. The Bertz CT molecular complexity index is 3050. The van der Waals surface area contributed by atoms with Gasteiger partial charge in [-0.15, -0.1) is 0 Å². The molecule has 0 aliphatic carbocycles. The van der Waals surface area contributed by atoms with Gasteiger partial charge in [0.25, 0.3) is 5.91 Å². The number of anilines is 4. The molecule has 3 N–H and O–H groups in total. The van der Waals surface area contributed by atoms with E-state index < -0.39 is 29.3 Å². The molecule has 0 unspecified atom stereocenters. The minimum absolute atomic E-state index is 0.0264. The summed E-state index contributed by atoms with van der Waals surface area (Å²) in [6, 6.07) is 32.3. The van der Waals surface area contributed by atoms with E-state index in [0.717, 1.165) is 110 Å². The van der Waals surface area contributed by atoms with Gasteiger partial charge in [-0.1, -0.05) is 85.0 Å². The van der Waals surface area contributed by atoms with Gasteiger partial charge in [-0.2, -0.15) is 0 Å². The van der Waals surface area contributed by atoms with Crippen LogP contribution in [0.25, 0.3) is 33.7 Å². The number of carbonyl (C=O) groups is 3. The molecule has 6 aromatic rings. The summed E-state index contributed by atoms with van der Waals surface area (Å²) in [5.41, 5.74) is 4.72. The van der Waals surface area contributed by atoms with Crippen LogP contribution in [0.4, 0.5) is 36.3 Å². The molecule has 4 aliphatic rings. The Hall–Kier alpha value is -7.25. The van der Waals surface area contributed by atoms with Gasteiger partial charge in [0.05, 0.1) is 64.1 Å². The molecule has 10 rings (SSSR count). The summed E-state index contributed by atoms with van der Waals surface area (Å²) >= 11 is 0. The highest BCUT2D eigenvalue weighted by atomic mass is 19.1. The van der Waals surface area contributed by atoms with E-state index in [4.69, 9.17) is 28.8 Å². The number of carboxylic acid groups (broad SMARTS) is 1. The maximum Gasteiger partial charge on any atom is 0.412 e. The van der Waals surface area contributed by atoms with Crippen LogP contribution in [-0.2, 0) is 23.7 Å². The zero-order valence-electron chi connectivity index (χ0n) is 44.7. The van der Waals surface area contributed by atoms with Crippen LogP contribution in [0.1, 0.15) is 52.6 Å². The van der Waals surface area contributed by atoms with Gasteiger partial charge < -0.3 is 43.9 Å². The number of benzene rings is 6. The number of hydrogen-bond donors (Lipinski definition) is 3. The first-order valence-electron chi connectivity index (χ1n) is 26.5. The van der Waals surface area contributed by atoms with Gasteiger partial charge in [0.1, 0.15) is 17.2 Å². The minimum atomic E-state index is -1.12. The molecule has 4 aliphatic heterocycles. The van der Waals surface area contributed by atoms with Gasteiger partial charge >= 0.3 is 12.1 Å². The Kier molecular flexibility index (Phi) is 20.3. The number of amides is 2. The summed E-state index contributed by atoms with van der Waals surface area (Å²) < 4.78 is 54.3. The van der Waals surface area contributed by atoms with Crippen LogP contribution >= 0.6 is 0 Å². The van der Waals surface area contributed by atoms with E-state index in [1.54, 1.807) is 6.07 Å². The van der Waals surface area contributed by atoms with E-state index in [-0.39, 0.29) is 11.5 Å². The average Bonchev–Trinajstić information content (AvgIpc) is 3.53. The third kappa shape index (κ3) is 16.6. The highest BCUT2D eigenvalue weighted by Gasteiger charge is 2.20. The predicted molar refractivity (Wildman–Crippen MR) is 304 cm³/mol. The Morgan fingerprint density at radius 1 is 0.538 bits per heavy atom. The van der Waals surface area contributed by atoms with Gasteiger partial charge in [-0.3, -0.25) is 19.9 Å². The molecule has 0 bridgehead atoms. The Morgan fingerprint density at radius 2 is 0.936 bits per heavy atom. The summed E-state index contributed by atoms with van der Waals surface area (Å²) in [7, 11) is 0. The first kappa shape index (κ1) is 56.9. The lowest BCUT2D eigenvalue weighted by atomic mass is 10.0. The monoisotopic (exact) mass is 1070 g/mol. The van der Waals surface area contributed by atoms with Crippen molar-refractivity contribution in [2.24, 2.45) is 0 Å². The van der Waals surface area contributed by atoms with Crippen LogP contribution in [0, 0.1) is 11.6 Å². The summed E-state index contributed by atoms with van der Waals surface area (Å²) in [4.78, 5) is 44.7. The topological polar surface area (TPSA) is 155 Å². The highest BCUT2D eigenvalue weighted by Crippen LogP contribution is 2.31. The van der Waals surface area contributed by atoms with Gasteiger partial charge in [-0.25, -0.2) is 18.4 Å². The number of nitrogens with zero attached hydrogens (tertiary/aromatic N) is 4. The van der Waals surface area contributed by atoms with Crippen molar-refractivity contribution in [3.05, 3.63) is 155 Å². The number of hydrogen-bond acceptors (Lipinski definition) is 12. The van der Waals surface area contributed by atoms with Gasteiger partial charge in [0.15, 0.2) is 0 Å². The number of carboxylic acids is 1. The molecule has 4 fully saturated rings. The fourth-order valence-corrected chi connectivity index (χ4v) is 9.40. The lowest BCUT2D eigenvalue weighted by molar-refractivity contribution is 0.0434. The average molecular weight is 1070 g/mol. The second-order valence-corrected chi connectivity index (χ2v) is 20.1. The quantitative estimate of drug-likeness (QED) is 0.107. The molecule has 0 atom stereocenters. The molecule has 2 amide bonds. The molecule has 0 saturated carbocycles. The van der Waals surface area contributed by atoms with Crippen LogP contribution in [-0.4, -0.2) is 157 Å². The summed E-state index contributed by atoms with van der Waals surface area (Å²) in [5.74, 6) is -2.40. The summed E-state index contributed by atoms with van der Waals surface area (Å²) in [6.07, 6.45) is 8.20. The Labute approximate surface area is 454 Å². The predicted octanol–water partition coefficient (Wildman–Crippen LogP) is 10.3. The Morgan fingerprint density at radius 3 is 1.37 bits per heavy atom. The standard InChI is InChI=1S/C28H30FN3O3.C22H28N2O3.C11H12FNO3/c29-23-18-22(19-24(20-23)32-12-16-35-17-13-32)28(33)30-27-8-7-21(25-5-1-2-6-26(25)27)4-3-9-31-10-14-34-15-11-31;1-22(2,3)27-21(25)23-20-11-10-17(18-8-4-5-9-19(18)20)7-6-12-24-13-15-26-16-14-24;12-9-5-8(11(14)15)6-10(7-9)13-1-3-16-4-2-13/h1-8,18-20H,9-17H2,(H,30,33);4-11H,12-16H2,1-3H3,(H,23,25);5-7H,1-4H2,(H,14,15). The third-order valence-electron chi connectivity index (χ3n) is 13.4. The molecule has 15 nitrogen and oxygen atoms in total. The first-order valence-corrected chi connectivity index (χ1v) is 26.5. The van der Waals surface area contributed by atoms with E-state index in [9.17, 15) is 23.2 Å². The first-order chi connectivity index (χ1) is 37.8. The number of morpholine rings is 4. The van der Waals surface area contributed by atoms with Crippen LogP contribution < -0.4 is 20.4 Å². The van der Waals surface area contributed by atoms with Crippen molar-refractivity contribution in [3.8, 4) is 0 Å². The number of fused-ring (bicyclic) bond motifs is 2. The number of ether oxygens (including phenoxy) is 5. The van der Waals surface area contributed by atoms with Crippen LogP contribution in [0.5, 0.6) is 0 Å². The van der Waals surface area contributed by atoms with Crippen molar-refractivity contribution in [3.63, 3.8) is 0 Å². The van der Waals surface area contributed by atoms with Crippen molar-refractivity contribution in [1.29, 1.82) is 0 Å². The van der Waals surface area contributed by atoms with Gasteiger partial charge in [0, 0.05) is 98.8 Å². The molecule has 0 aromatic heterocycles. The maximum atomic E-state index is 14.4. The van der Waals surface area contributed by atoms with E-state index in [1.807, 2.05) is 91.2 Å². The van der Waals surface area contributed by atoms with E-state index in [1.165, 1.54) is 24.3 Å². The zero-order valence-corrected chi connectivity index (χ0v) is 44.7. The lowest BCUT2D eigenvalue weighted by Gasteiger charge is -2.29. The fourth-order valence-electron chi connectivity index (χ4n) is 9.40. The molecule has 0 spiro atoms. The van der Waals surface area contributed by atoms with Crippen molar-refractivity contribution in [2.45, 2.75) is 26.4 Å². The third-order valence-corrected chi connectivity index (χ3v) is 13.4. The normalized spacial score (nSPS) is 16.6. The van der Waals surface area contributed by atoms with Crippen LogP contribution in [0.15, 0.2) is 121 Å². The summed E-state index contributed by atoms with van der Waals surface area (Å²) in [6.45, 7) is 19.4. The zero-order chi connectivity index (χ0) is 54.9. The fraction of sp³-hybridized carbons (Fsp3) is 0.361. The van der Waals surface area contributed by atoms with Crippen molar-refractivity contribution in [1.82, 2.24) is 9.80 Å². The molecular formula is C61H70F2N6O9. The van der Waals surface area contributed by atoms with E-state index in [0.29, 0.717) is 75.2 Å². The molecular weight excluding hydrogens is 999 g/mol. The lowest BCUT2D eigenvalue weighted by Crippen LogP contribution is -2.36. The second-order valence-electron chi connectivity index (χ2n) is 20.1. The van der Waals surface area contributed by atoms with Gasteiger partial charge in [0.2, 0.25) is 0 Å². The molecule has 6 aromatic carbocycles. The number of nitrogens with one attached hydrogen (secondary N) is 2. The number of rotatable bonds is 12. The Balaban J connectivity index is 0.000000165. The highest BCUT2D eigenvalue weighted by molar-refractivity contribution is 6.10. The SMILES string of the molecule is CC(C)(C)OC(=O)Nc1ccc(C=CCN2CCOCC2)c2ccccc12.O=C(Nc1ccc(C=CCN2CCOCC2)c2ccccc12)c1cc(F)cc(N2CCOCC2)c1.O=C(O)c1cc(F)cc(N2CCOCC2)c1. The van der Waals surface area contributed by atoms with Crippen molar-refractivity contribution >= 4 is 74.4 Å². The molecule has 4 heterocycles. The van der Waals surface area contributed by atoms with Crippen molar-refractivity contribution < 1.29 is 52.0 Å². The van der Waals surface area contributed by atoms with Gasteiger partial charge in [-0.05, 0) is 91.2 Å². The van der Waals surface area contributed by atoms with E-state index >= 15 is 0 Å². The molecule has 0 radical (unpaired) electrons. The number of halogens is 2. The smallest absolute Gasteiger partial charge is 0.412 e. The molecule has 4 saturated heterocycles. The molecule has 412 valence electrons. The minimum Gasteiger partial charge on any atom is -0.478 e. The second kappa shape index (κ2) is 27.9. The number of carbonyl (C=O) groups excluding carboxylic acids is 2. The van der Waals surface area contributed by atoms with E-state index in [2.05, 4.69) is 56.9 Å². The maximum absolute atomic E-state index is 14.4. The van der Waals surface area contributed by atoms with Crippen molar-refractivity contribution in [2.75, 3.05) is 139 Å².